The number of rotatable bonds is 10. The highest BCUT2D eigenvalue weighted by molar-refractivity contribution is 6.06. The Hall–Kier alpha value is -3.30. The normalized spacial score (nSPS) is 10.7. The van der Waals surface area contributed by atoms with Crippen molar-refractivity contribution in [3.63, 3.8) is 0 Å². The third-order valence-electron chi connectivity index (χ3n) is 3.52. The van der Waals surface area contributed by atoms with Crippen molar-refractivity contribution < 1.29 is 14.3 Å². The summed E-state index contributed by atoms with van der Waals surface area (Å²) in [4.78, 5) is 12.2. The Labute approximate surface area is 159 Å². The number of nitrogens with zero attached hydrogens (tertiary/aromatic N) is 1. The summed E-state index contributed by atoms with van der Waals surface area (Å²) in [6.07, 6.45) is 2.22. The molecule has 0 heterocycles. The van der Waals surface area contributed by atoms with E-state index < -0.39 is 5.91 Å². The van der Waals surface area contributed by atoms with Crippen LogP contribution in [0.3, 0.4) is 0 Å². The molecule has 0 bridgehead atoms. The molecule has 0 unspecified atom stereocenters. The van der Waals surface area contributed by atoms with Gasteiger partial charge in [0.15, 0.2) is 0 Å². The predicted octanol–water partition coefficient (Wildman–Crippen LogP) is 3.84. The third kappa shape index (κ3) is 7.22. The van der Waals surface area contributed by atoms with E-state index in [4.69, 9.17) is 14.7 Å². The molecule has 2 rings (SSSR count). The molecule has 2 aromatic carbocycles. The number of anilines is 1. The monoisotopic (exact) mass is 365 g/mol. The Balaban J connectivity index is 1.85. The molecule has 0 fully saturated rings. The van der Waals surface area contributed by atoms with E-state index in [2.05, 4.69) is 10.6 Å². The van der Waals surface area contributed by atoms with Gasteiger partial charge in [-0.2, -0.15) is 5.26 Å². The van der Waals surface area contributed by atoms with Crippen LogP contribution in [-0.2, 0) is 9.53 Å². The fraction of sp³-hybridized carbons (Fsp3) is 0.238. The van der Waals surface area contributed by atoms with E-state index in [1.807, 2.05) is 43.3 Å². The lowest BCUT2D eigenvalue weighted by Crippen LogP contribution is -2.17. The van der Waals surface area contributed by atoms with E-state index in [0.717, 1.165) is 12.2 Å². The summed E-state index contributed by atoms with van der Waals surface area (Å²) < 4.78 is 10.9. The number of carbonyl (C=O) groups excluding carboxylic acids is 1. The molecule has 0 atom stereocenters. The van der Waals surface area contributed by atoms with E-state index in [-0.39, 0.29) is 5.57 Å². The highest BCUT2D eigenvalue weighted by Crippen LogP contribution is 2.22. The number of carbonyl (C=O) groups is 1. The van der Waals surface area contributed by atoms with Crippen LogP contribution >= 0.6 is 0 Å². The topological polar surface area (TPSA) is 83.4 Å². The minimum Gasteiger partial charge on any atom is -0.457 e. The number of ether oxygens (including phenoxy) is 2. The first kappa shape index (κ1) is 20.0. The minimum absolute atomic E-state index is 0.0102. The second-order valence-corrected chi connectivity index (χ2v) is 5.57. The van der Waals surface area contributed by atoms with Crippen molar-refractivity contribution in [1.29, 1.82) is 5.26 Å². The van der Waals surface area contributed by atoms with Crippen molar-refractivity contribution in [1.82, 2.24) is 5.32 Å². The lowest BCUT2D eigenvalue weighted by Gasteiger charge is -2.08. The van der Waals surface area contributed by atoms with E-state index in [9.17, 15) is 4.79 Å². The quantitative estimate of drug-likeness (QED) is 0.380. The van der Waals surface area contributed by atoms with Gasteiger partial charge in [-0.3, -0.25) is 4.79 Å². The molecule has 140 valence electrons. The first-order chi connectivity index (χ1) is 13.2. The zero-order valence-corrected chi connectivity index (χ0v) is 15.3. The smallest absolute Gasteiger partial charge is 0.267 e. The molecule has 0 saturated heterocycles. The standard InChI is InChI=1S/C21H23N3O3/c1-2-26-14-6-13-23-16-17(15-22)21(25)24-18-9-11-20(12-10-18)27-19-7-4-3-5-8-19/h3-5,7-12,16,23H,2,6,13-14H2,1H3,(H,24,25)/b17-16-. The maximum Gasteiger partial charge on any atom is 0.267 e. The van der Waals surface area contributed by atoms with Crippen LogP contribution in [0.5, 0.6) is 11.5 Å². The summed E-state index contributed by atoms with van der Waals surface area (Å²) >= 11 is 0. The molecule has 2 aromatic rings. The highest BCUT2D eigenvalue weighted by Gasteiger charge is 2.09. The lowest BCUT2D eigenvalue weighted by molar-refractivity contribution is -0.112. The summed E-state index contributed by atoms with van der Waals surface area (Å²) in [5, 5.41) is 14.8. The van der Waals surface area contributed by atoms with Gasteiger partial charge in [0.05, 0.1) is 0 Å². The molecule has 27 heavy (non-hydrogen) atoms. The Morgan fingerprint density at radius 1 is 1.11 bits per heavy atom. The van der Waals surface area contributed by atoms with Crippen molar-refractivity contribution in [3.8, 4) is 17.6 Å². The molecule has 0 aromatic heterocycles. The van der Waals surface area contributed by atoms with Crippen LogP contribution in [0.25, 0.3) is 0 Å². The van der Waals surface area contributed by atoms with Gasteiger partial charge in [0.1, 0.15) is 23.1 Å². The number of para-hydroxylation sites is 1. The summed E-state index contributed by atoms with van der Waals surface area (Å²) in [6, 6.07) is 18.3. The second kappa shape index (κ2) is 11.3. The number of hydrogen-bond donors (Lipinski definition) is 2. The van der Waals surface area contributed by atoms with E-state index in [0.29, 0.717) is 31.2 Å². The molecule has 1 amide bonds. The average molecular weight is 365 g/mol. The van der Waals surface area contributed by atoms with Crippen LogP contribution in [0.2, 0.25) is 0 Å². The van der Waals surface area contributed by atoms with Gasteiger partial charge in [0.2, 0.25) is 0 Å². The highest BCUT2D eigenvalue weighted by atomic mass is 16.5. The van der Waals surface area contributed by atoms with E-state index >= 15 is 0 Å². The average Bonchev–Trinajstić information content (AvgIpc) is 2.70. The van der Waals surface area contributed by atoms with Crippen molar-refractivity contribution in [2.24, 2.45) is 0 Å². The molecular formula is C21H23N3O3. The van der Waals surface area contributed by atoms with Crippen LogP contribution in [-0.4, -0.2) is 25.7 Å². The molecule has 0 spiro atoms. The fourth-order valence-electron chi connectivity index (χ4n) is 2.17. The maximum atomic E-state index is 12.2. The number of benzene rings is 2. The Bertz CT molecular complexity index is 781. The first-order valence-corrected chi connectivity index (χ1v) is 8.78. The first-order valence-electron chi connectivity index (χ1n) is 8.78. The molecule has 2 N–H and O–H groups in total. The van der Waals surface area contributed by atoms with Gasteiger partial charge in [-0.25, -0.2) is 0 Å². The molecule has 0 saturated carbocycles. The van der Waals surface area contributed by atoms with Gasteiger partial charge in [0, 0.05) is 31.6 Å². The van der Waals surface area contributed by atoms with Crippen LogP contribution in [0.15, 0.2) is 66.4 Å². The predicted molar refractivity (Wildman–Crippen MR) is 104 cm³/mol. The Kier molecular flexibility index (Phi) is 8.41. The number of hydrogen-bond acceptors (Lipinski definition) is 5. The molecule has 6 nitrogen and oxygen atoms in total. The van der Waals surface area contributed by atoms with Crippen LogP contribution in [0.1, 0.15) is 13.3 Å². The molecule has 6 heteroatoms. The summed E-state index contributed by atoms with van der Waals surface area (Å²) in [6.45, 7) is 3.88. The third-order valence-corrected chi connectivity index (χ3v) is 3.52. The zero-order chi connectivity index (χ0) is 19.3. The van der Waals surface area contributed by atoms with Gasteiger partial charge in [-0.15, -0.1) is 0 Å². The molecule has 0 radical (unpaired) electrons. The largest absolute Gasteiger partial charge is 0.457 e. The summed E-state index contributed by atoms with van der Waals surface area (Å²) in [5.74, 6) is 0.928. The van der Waals surface area contributed by atoms with Crippen LogP contribution in [0.4, 0.5) is 5.69 Å². The van der Waals surface area contributed by atoms with Gasteiger partial charge in [-0.1, -0.05) is 18.2 Å². The fourth-order valence-corrected chi connectivity index (χ4v) is 2.17. The number of amides is 1. The molecular weight excluding hydrogens is 342 g/mol. The van der Waals surface area contributed by atoms with Crippen molar-refractivity contribution in [2.45, 2.75) is 13.3 Å². The van der Waals surface area contributed by atoms with Gasteiger partial charge in [0.25, 0.3) is 5.91 Å². The van der Waals surface area contributed by atoms with Gasteiger partial charge >= 0.3 is 0 Å². The van der Waals surface area contributed by atoms with Gasteiger partial charge in [-0.05, 0) is 49.7 Å². The van der Waals surface area contributed by atoms with Crippen molar-refractivity contribution in [2.75, 3.05) is 25.1 Å². The summed E-state index contributed by atoms with van der Waals surface area (Å²) in [7, 11) is 0. The van der Waals surface area contributed by atoms with E-state index in [1.165, 1.54) is 6.20 Å². The molecule has 0 aliphatic heterocycles. The second-order valence-electron chi connectivity index (χ2n) is 5.57. The van der Waals surface area contributed by atoms with Crippen LogP contribution in [0, 0.1) is 11.3 Å². The molecule has 0 aliphatic carbocycles. The lowest BCUT2D eigenvalue weighted by atomic mass is 10.2. The zero-order valence-electron chi connectivity index (χ0n) is 15.3. The van der Waals surface area contributed by atoms with Crippen molar-refractivity contribution in [3.05, 3.63) is 66.4 Å². The van der Waals surface area contributed by atoms with Crippen molar-refractivity contribution >= 4 is 11.6 Å². The number of nitrogens with one attached hydrogen (secondary N) is 2. The Morgan fingerprint density at radius 3 is 2.48 bits per heavy atom. The number of nitriles is 1. The Morgan fingerprint density at radius 2 is 1.81 bits per heavy atom. The summed E-state index contributed by atoms with van der Waals surface area (Å²) in [5.41, 5.74) is 0.592. The van der Waals surface area contributed by atoms with Gasteiger partial charge < -0.3 is 20.1 Å². The maximum absolute atomic E-state index is 12.2. The molecule has 0 aliphatic rings. The van der Waals surface area contributed by atoms with E-state index in [1.54, 1.807) is 24.3 Å². The SMILES string of the molecule is CCOCCCN/C=C(/C#N)C(=O)Nc1ccc(Oc2ccccc2)cc1. The van der Waals surface area contributed by atoms with Crippen LogP contribution < -0.4 is 15.4 Å². The minimum atomic E-state index is -0.466.